The standard InChI is InChI=1S/C14H16/c1-10-12-7-8-13(9-12)14(10)11-5-3-2-4-6-11/h2-6,12-13H,7-9H2,1H3. The van der Waals surface area contributed by atoms with Gasteiger partial charge in [0.25, 0.3) is 0 Å². The largest absolute Gasteiger partial charge is 0.0661 e. The van der Waals surface area contributed by atoms with Gasteiger partial charge in [-0.05, 0) is 49.2 Å². The molecule has 2 unspecified atom stereocenters. The summed E-state index contributed by atoms with van der Waals surface area (Å²) in [5.41, 5.74) is 4.81. The number of fused-ring (bicyclic) bond motifs is 2. The molecule has 14 heavy (non-hydrogen) atoms. The Morgan fingerprint density at radius 1 is 1.00 bits per heavy atom. The molecule has 0 nitrogen and oxygen atoms in total. The van der Waals surface area contributed by atoms with E-state index in [9.17, 15) is 0 Å². The van der Waals surface area contributed by atoms with Gasteiger partial charge in [0.05, 0.1) is 0 Å². The highest BCUT2D eigenvalue weighted by molar-refractivity contribution is 5.73. The highest BCUT2D eigenvalue weighted by Crippen LogP contribution is 2.51. The molecular weight excluding hydrogens is 168 g/mol. The normalized spacial score (nSPS) is 30.1. The minimum absolute atomic E-state index is 0.877. The van der Waals surface area contributed by atoms with E-state index in [0.717, 1.165) is 11.8 Å². The molecule has 0 amide bonds. The number of allylic oxidation sites excluding steroid dienone is 2. The number of benzene rings is 1. The van der Waals surface area contributed by atoms with Gasteiger partial charge in [-0.25, -0.2) is 0 Å². The van der Waals surface area contributed by atoms with Gasteiger partial charge in [0.15, 0.2) is 0 Å². The maximum atomic E-state index is 2.34. The van der Waals surface area contributed by atoms with E-state index in [1.165, 1.54) is 24.8 Å². The molecule has 72 valence electrons. The Labute approximate surface area is 85.6 Å². The molecule has 0 heteroatoms. The van der Waals surface area contributed by atoms with Crippen LogP contribution in [0.1, 0.15) is 31.7 Å². The molecule has 0 radical (unpaired) electrons. The zero-order valence-electron chi connectivity index (χ0n) is 8.66. The smallest absolute Gasteiger partial charge is 0.0151 e. The molecule has 2 aliphatic rings. The third kappa shape index (κ3) is 1.06. The predicted octanol–water partition coefficient (Wildman–Crippen LogP) is 3.89. The summed E-state index contributed by atoms with van der Waals surface area (Å²) >= 11 is 0. The summed E-state index contributed by atoms with van der Waals surface area (Å²) in [5.74, 6) is 1.79. The van der Waals surface area contributed by atoms with Gasteiger partial charge in [-0.15, -0.1) is 0 Å². The molecular formula is C14H16. The van der Waals surface area contributed by atoms with Crippen molar-refractivity contribution in [2.75, 3.05) is 0 Å². The molecule has 0 saturated heterocycles. The van der Waals surface area contributed by atoms with Crippen molar-refractivity contribution in [1.29, 1.82) is 0 Å². The Bertz CT molecular complexity index is 372. The van der Waals surface area contributed by atoms with E-state index in [-0.39, 0.29) is 0 Å². The van der Waals surface area contributed by atoms with E-state index in [1.807, 2.05) is 0 Å². The topological polar surface area (TPSA) is 0 Å². The summed E-state index contributed by atoms with van der Waals surface area (Å²) < 4.78 is 0. The number of hydrogen-bond acceptors (Lipinski definition) is 0. The summed E-state index contributed by atoms with van der Waals surface area (Å²) in [6.45, 7) is 2.34. The first-order valence-electron chi connectivity index (χ1n) is 5.62. The second-order valence-corrected chi connectivity index (χ2v) is 4.67. The summed E-state index contributed by atoms with van der Waals surface area (Å²) in [5, 5.41) is 0. The van der Waals surface area contributed by atoms with E-state index in [4.69, 9.17) is 0 Å². The summed E-state index contributed by atoms with van der Waals surface area (Å²) in [6, 6.07) is 10.9. The zero-order chi connectivity index (χ0) is 9.54. The fourth-order valence-electron chi connectivity index (χ4n) is 3.26. The average Bonchev–Trinajstić information content (AvgIpc) is 2.79. The molecule has 0 aromatic heterocycles. The molecule has 2 bridgehead atoms. The second-order valence-electron chi connectivity index (χ2n) is 4.67. The van der Waals surface area contributed by atoms with Crippen LogP contribution in [0.25, 0.3) is 5.57 Å². The zero-order valence-corrected chi connectivity index (χ0v) is 8.66. The maximum Gasteiger partial charge on any atom is -0.0151 e. The van der Waals surface area contributed by atoms with Gasteiger partial charge in [-0.3, -0.25) is 0 Å². The molecule has 0 spiro atoms. The van der Waals surface area contributed by atoms with Gasteiger partial charge < -0.3 is 0 Å². The van der Waals surface area contributed by atoms with Crippen LogP contribution < -0.4 is 0 Å². The highest BCUT2D eigenvalue weighted by Gasteiger charge is 2.37. The van der Waals surface area contributed by atoms with Crippen LogP contribution in [0.5, 0.6) is 0 Å². The Kier molecular flexibility index (Phi) is 1.76. The van der Waals surface area contributed by atoms with Gasteiger partial charge >= 0.3 is 0 Å². The average molecular weight is 184 g/mol. The van der Waals surface area contributed by atoms with Crippen LogP contribution in [0.15, 0.2) is 35.9 Å². The summed E-state index contributed by atoms with van der Waals surface area (Å²) in [4.78, 5) is 0. The molecule has 1 aromatic carbocycles. The lowest BCUT2D eigenvalue weighted by molar-refractivity contribution is 0.658. The first-order valence-corrected chi connectivity index (χ1v) is 5.62. The van der Waals surface area contributed by atoms with Crippen LogP contribution in [-0.4, -0.2) is 0 Å². The molecule has 1 aromatic rings. The highest BCUT2D eigenvalue weighted by atomic mass is 14.4. The van der Waals surface area contributed by atoms with Crippen molar-refractivity contribution in [3.05, 3.63) is 41.5 Å². The van der Waals surface area contributed by atoms with Crippen LogP contribution in [-0.2, 0) is 0 Å². The lowest BCUT2D eigenvalue weighted by Crippen LogP contribution is -2.00. The number of rotatable bonds is 1. The predicted molar refractivity (Wildman–Crippen MR) is 59.9 cm³/mol. The number of hydrogen-bond donors (Lipinski definition) is 0. The SMILES string of the molecule is CC1=C(c2ccccc2)C2CCC1C2. The van der Waals surface area contributed by atoms with E-state index in [1.54, 1.807) is 11.1 Å². The fraction of sp³-hybridized carbons (Fsp3) is 0.429. The third-order valence-electron chi connectivity index (χ3n) is 3.96. The Morgan fingerprint density at radius 3 is 2.36 bits per heavy atom. The van der Waals surface area contributed by atoms with Crippen molar-refractivity contribution >= 4 is 5.57 Å². The quantitative estimate of drug-likeness (QED) is 0.621. The van der Waals surface area contributed by atoms with Crippen LogP contribution in [0.3, 0.4) is 0 Å². The van der Waals surface area contributed by atoms with Gasteiger partial charge in [0, 0.05) is 0 Å². The Hall–Kier alpha value is -1.04. The van der Waals surface area contributed by atoms with Gasteiger partial charge in [-0.1, -0.05) is 35.9 Å². The molecule has 0 aliphatic heterocycles. The lowest BCUT2D eigenvalue weighted by Gasteiger charge is -2.17. The lowest BCUT2D eigenvalue weighted by atomic mass is 9.88. The van der Waals surface area contributed by atoms with Crippen LogP contribution in [0, 0.1) is 11.8 Å². The second kappa shape index (κ2) is 2.98. The van der Waals surface area contributed by atoms with Crippen molar-refractivity contribution in [3.63, 3.8) is 0 Å². The van der Waals surface area contributed by atoms with E-state index in [0.29, 0.717) is 0 Å². The molecule has 2 atom stereocenters. The molecule has 0 heterocycles. The van der Waals surface area contributed by atoms with Crippen LogP contribution in [0.4, 0.5) is 0 Å². The monoisotopic (exact) mass is 184 g/mol. The van der Waals surface area contributed by atoms with Crippen molar-refractivity contribution in [2.45, 2.75) is 26.2 Å². The van der Waals surface area contributed by atoms with Crippen molar-refractivity contribution in [1.82, 2.24) is 0 Å². The minimum Gasteiger partial charge on any atom is -0.0661 e. The molecule has 1 fully saturated rings. The Morgan fingerprint density at radius 2 is 1.71 bits per heavy atom. The maximum absolute atomic E-state index is 2.34. The van der Waals surface area contributed by atoms with Gasteiger partial charge in [0.2, 0.25) is 0 Å². The molecule has 1 saturated carbocycles. The first kappa shape index (κ1) is 8.28. The van der Waals surface area contributed by atoms with Gasteiger partial charge in [-0.2, -0.15) is 0 Å². The van der Waals surface area contributed by atoms with Crippen molar-refractivity contribution in [2.24, 2.45) is 11.8 Å². The third-order valence-corrected chi connectivity index (χ3v) is 3.96. The van der Waals surface area contributed by atoms with Crippen LogP contribution in [0.2, 0.25) is 0 Å². The van der Waals surface area contributed by atoms with Crippen LogP contribution >= 0.6 is 0 Å². The first-order chi connectivity index (χ1) is 6.86. The molecule has 0 N–H and O–H groups in total. The Balaban J connectivity index is 2.07. The fourth-order valence-corrected chi connectivity index (χ4v) is 3.26. The molecule has 2 aliphatic carbocycles. The van der Waals surface area contributed by atoms with E-state index in [2.05, 4.69) is 37.3 Å². The van der Waals surface area contributed by atoms with Crippen molar-refractivity contribution < 1.29 is 0 Å². The summed E-state index contributed by atoms with van der Waals surface area (Å²) in [7, 11) is 0. The van der Waals surface area contributed by atoms with E-state index >= 15 is 0 Å². The van der Waals surface area contributed by atoms with Crippen molar-refractivity contribution in [3.8, 4) is 0 Å². The summed E-state index contributed by atoms with van der Waals surface area (Å²) in [6.07, 6.45) is 4.29. The molecule has 3 rings (SSSR count). The minimum atomic E-state index is 0.877. The van der Waals surface area contributed by atoms with Gasteiger partial charge in [0.1, 0.15) is 0 Å². The van der Waals surface area contributed by atoms with E-state index < -0.39 is 0 Å².